The first-order valence-corrected chi connectivity index (χ1v) is 10.5. The molecule has 4 aromatic rings. The average molecular weight is 491 g/mol. The van der Waals surface area contributed by atoms with Crippen LogP contribution in [0.1, 0.15) is 10.5 Å². The van der Waals surface area contributed by atoms with Crippen LogP contribution < -0.4 is 29.4 Å². The second kappa shape index (κ2) is 11.4. The molecule has 0 bridgehead atoms. The van der Waals surface area contributed by atoms with Crippen molar-refractivity contribution in [3.63, 3.8) is 0 Å². The van der Waals surface area contributed by atoms with Crippen molar-refractivity contribution in [2.75, 3.05) is 27.4 Å². The van der Waals surface area contributed by atoms with Crippen LogP contribution in [0.15, 0.2) is 55.1 Å². The van der Waals surface area contributed by atoms with E-state index in [2.05, 4.69) is 29.9 Å². The molecule has 0 spiro atoms. The van der Waals surface area contributed by atoms with E-state index in [1.54, 1.807) is 30.3 Å². The van der Waals surface area contributed by atoms with Crippen LogP contribution in [0.25, 0.3) is 11.6 Å². The number of rotatable bonds is 11. The SMILES string of the molecule is COc1cnc(OCCOc2nc(-c3ncccn3)nc(C(N)=O)c2Oc2ccccc2OC)nc1. The number of carbonyl (C=O) groups is 1. The van der Waals surface area contributed by atoms with E-state index in [4.69, 9.17) is 29.4 Å². The maximum absolute atomic E-state index is 12.3. The molecule has 13 heteroatoms. The van der Waals surface area contributed by atoms with Crippen molar-refractivity contribution in [1.29, 1.82) is 0 Å². The molecule has 2 N–H and O–H groups in total. The summed E-state index contributed by atoms with van der Waals surface area (Å²) in [6.07, 6.45) is 5.96. The fraction of sp³-hybridized carbons (Fsp3) is 0.174. The van der Waals surface area contributed by atoms with Crippen molar-refractivity contribution in [3.8, 4) is 46.5 Å². The number of nitrogens with two attached hydrogens (primary N) is 1. The Bertz CT molecular complexity index is 1320. The normalized spacial score (nSPS) is 10.4. The number of carbonyl (C=O) groups excluding carboxylic acids is 1. The number of hydrogen-bond acceptors (Lipinski definition) is 12. The van der Waals surface area contributed by atoms with Crippen molar-refractivity contribution < 1.29 is 28.5 Å². The molecule has 0 aliphatic heterocycles. The lowest BCUT2D eigenvalue weighted by Crippen LogP contribution is -2.18. The van der Waals surface area contributed by atoms with Crippen molar-refractivity contribution in [3.05, 3.63) is 60.8 Å². The van der Waals surface area contributed by atoms with Crippen LogP contribution in [0.5, 0.6) is 34.9 Å². The molecule has 1 amide bonds. The number of ether oxygens (including phenoxy) is 5. The molecule has 0 aliphatic carbocycles. The minimum atomic E-state index is -0.868. The van der Waals surface area contributed by atoms with Gasteiger partial charge in [-0.2, -0.15) is 15.0 Å². The van der Waals surface area contributed by atoms with Crippen LogP contribution in [0.3, 0.4) is 0 Å². The summed E-state index contributed by atoms with van der Waals surface area (Å²) in [6, 6.07) is 8.60. The van der Waals surface area contributed by atoms with Crippen LogP contribution >= 0.6 is 0 Å². The molecule has 0 saturated carbocycles. The van der Waals surface area contributed by atoms with Gasteiger partial charge in [-0.25, -0.2) is 15.0 Å². The van der Waals surface area contributed by atoms with Gasteiger partial charge in [0.05, 0.1) is 26.6 Å². The van der Waals surface area contributed by atoms with E-state index in [-0.39, 0.29) is 48.2 Å². The third-order valence-corrected chi connectivity index (χ3v) is 4.51. The third kappa shape index (κ3) is 5.70. The first kappa shape index (κ1) is 24.1. The first-order valence-electron chi connectivity index (χ1n) is 10.5. The number of benzene rings is 1. The van der Waals surface area contributed by atoms with Crippen molar-refractivity contribution in [2.24, 2.45) is 5.73 Å². The van der Waals surface area contributed by atoms with Gasteiger partial charge in [0.2, 0.25) is 11.6 Å². The molecule has 0 aliphatic rings. The Morgan fingerprint density at radius 1 is 0.833 bits per heavy atom. The number of aromatic nitrogens is 6. The summed E-state index contributed by atoms with van der Waals surface area (Å²) < 4.78 is 27.6. The average Bonchev–Trinajstić information content (AvgIpc) is 2.92. The Hall–Kier alpha value is -5.07. The zero-order valence-electron chi connectivity index (χ0n) is 19.3. The Morgan fingerprint density at radius 3 is 2.19 bits per heavy atom. The molecule has 3 heterocycles. The van der Waals surface area contributed by atoms with E-state index in [1.807, 2.05) is 0 Å². The zero-order chi connectivity index (χ0) is 25.3. The molecule has 0 unspecified atom stereocenters. The summed E-state index contributed by atoms with van der Waals surface area (Å²) in [5.41, 5.74) is 5.39. The Morgan fingerprint density at radius 2 is 1.53 bits per heavy atom. The standard InChI is InChI=1S/C23H21N7O6/c1-32-14-12-27-23(28-13-14)35-11-10-34-22-18(36-16-7-4-3-6-15(16)33-2)17(19(24)31)29-21(30-22)20-25-8-5-9-26-20/h3-9,12-13H,10-11H2,1-2H3,(H2,24,31). The fourth-order valence-corrected chi connectivity index (χ4v) is 2.87. The first-order chi connectivity index (χ1) is 17.6. The lowest BCUT2D eigenvalue weighted by molar-refractivity contribution is 0.0991. The Labute approximate surface area is 205 Å². The summed E-state index contributed by atoms with van der Waals surface area (Å²) in [7, 11) is 2.99. The summed E-state index contributed by atoms with van der Waals surface area (Å²) in [5, 5.41) is 0. The number of nitrogens with zero attached hydrogens (tertiary/aromatic N) is 6. The van der Waals surface area contributed by atoms with Crippen LogP contribution in [0.2, 0.25) is 0 Å². The van der Waals surface area contributed by atoms with E-state index in [0.29, 0.717) is 17.2 Å². The number of hydrogen-bond donors (Lipinski definition) is 1. The van der Waals surface area contributed by atoms with E-state index in [0.717, 1.165) is 0 Å². The summed E-state index contributed by atoms with van der Waals surface area (Å²) in [5.74, 6) is 0.331. The predicted octanol–water partition coefficient (Wildman–Crippen LogP) is 2.09. The van der Waals surface area contributed by atoms with Gasteiger partial charge >= 0.3 is 6.01 Å². The van der Waals surface area contributed by atoms with Gasteiger partial charge in [-0.1, -0.05) is 12.1 Å². The van der Waals surface area contributed by atoms with Crippen LogP contribution in [-0.4, -0.2) is 63.2 Å². The Kier molecular flexibility index (Phi) is 7.60. The molecule has 184 valence electrons. The van der Waals surface area contributed by atoms with E-state index < -0.39 is 5.91 Å². The highest BCUT2D eigenvalue weighted by Crippen LogP contribution is 2.38. The topological polar surface area (TPSA) is 167 Å². The molecule has 13 nitrogen and oxygen atoms in total. The van der Waals surface area contributed by atoms with Crippen molar-refractivity contribution >= 4 is 5.91 Å². The maximum Gasteiger partial charge on any atom is 0.316 e. The van der Waals surface area contributed by atoms with Gasteiger partial charge in [0.25, 0.3) is 11.8 Å². The summed E-state index contributed by atoms with van der Waals surface area (Å²) in [6.45, 7) is 0.0372. The van der Waals surface area contributed by atoms with Crippen LogP contribution in [-0.2, 0) is 0 Å². The van der Waals surface area contributed by atoms with Gasteiger partial charge < -0.3 is 29.4 Å². The largest absolute Gasteiger partial charge is 0.494 e. The third-order valence-electron chi connectivity index (χ3n) is 4.51. The minimum Gasteiger partial charge on any atom is -0.494 e. The second-order valence-corrected chi connectivity index (χ2v) is 6.82. The lowest BCUT2D eigenvalue weighted by Gasteiger charge is -2.16. The molecule has 36 heavy (non-hydrogen) atoms. The highest BCUT2D eigenvalue weighted by molar-refractivity contribution is 5.94. The van der Waals surface area contributed by atoms with E-state index >= 15 is 0 Å². The zero-order valence-corrected chi connectivity index (χ0v) is 19.3. The highest BCUT2D eigenvalue weighted by atomic mass is 16.6. The molecule has 0 saturated heterocycles. The molecular weight excluding hydrogens is 470 g/mol. The summed E-state index contributed by atoms with van der Waals surface area (Å²) in [4.78, 5) is 37.2. The summed E-state index contributed by atoms with van der Waals surface area (Å²) >= 11 is 0. The van der Waals surface area contributed by atoms with Gasteiger partial charge in [-0.05, 0) is 18.2 Å². The number of para-hydroxylation sites is 2. The van der Waals surface area contributed by atoms with Crippen LogP contribution in [0.4, 0.5) is 0 Å². The van der Waals surface area contributed by atoms with E-state index in [9.17, 15) is 4.79 Å². The number of methoxy groups -OCH3 is 2. The molecule has 0 fully saturated rings. The van der Waals surface area contributed by atoms with Crippen molar-refractivity contribution in [2.45, 2.75) is 0 Å². The van der Waals surface area contributed by atoms with Gasteiger partial charge in [0.15, 0.2) is 28.8 Å². The number of primary amides is 1. The van der Waals surface area contributed by atoms with E-state index in [1.165, 1.54) is 39.0 Å². The predicted molar refractivity (Wildman–Crippen MR) is 124 cm³/mol. The fourth-order valence-electron chi connectivity index (χ4n) is 2.87. The molecule has 0 radical (unpaired) electrons. The second-order valence-electron chi connectivity index (χ2n) is 6.82. The molecule has 0 atom stereocenters. The molecule has 3 aromatic heterocycles. The van der Waals surface area contributed by atoms with Gasteiger partial charge in [-0.3, -0.25) is 4.79 Å². The van der Waals surface area contributed by atoms with Crippen molar-refractivity contribution in [1.82, 2.24) is 29.9 Å². The molecule has 4 rings (SSSR count). The van der Waals surface area contributed by atoms with Crippen LogP contribution in [0, 0.1) is 0 Å². The quantitative estimate of drug-likeness (QED) is 0.304. The minimum absolute atomic E-state index is 0.0119. The number of amides is 1. The van der Waals surface area contributed by atoms with Gasteiger partial charge in [0, 0.05) is 12.4 Å². The highest BCUT2D eigenvalue weighted by Gasteiger charge is 2.24. The monoisotopic (exact) mass is 491 g/mol. The smallest absolute Gasteiger partial charge is 0.316 e. The maximum atomic E-state index is 12.3. The molecular formula is C23H21N7O6. The lowest BCUT2D eigenvalue weighted by atomic mass is 10.3. The van der Waals surface area contributed by atoms with Gasteiger partial charge in [0.1, 0.15) is 13.2 Å². The Balaban J connectivity index is 1.64. The molecule has 1 aromatic carbocycles. The van der Waals surface area contributed by atoms with Gasteiger partial charge in [-0.15, -0.1) is 0 Å².